The van der Waals surface area contributed by atoms with Gasteiger partial charge in [-0.1, -0.05) is 74.2 Å². The van der Waals surface area contributed by atoms with Gasteiger partial charge in [-0.25, -0.2) is 0 Å². The SMILES string of the molecule is CCCCCCCCCCCOC(=O)CCCC(=O)OCc1cc(Br)ccc1OC. The number of carbonyl (C=O) groups is 2. The maximum atomic E-state index is 11.9. The first-order valence-electron chi connectivity index (χ1n) is 11.2. The van der Waals surface area contributed by atoms with Gasteiger partial charge in [-0.15, -0.1) is 0 Å². The summed E-state index contributed by atoms with van der Waals surface area (Å²) in [6.45, 7) is 2.85. The molecule has 0 amide bonds. The smallest absolute Gasteiger partial charge is 0.306 e. The van der Waals surface area contributed by atoms with Crippen molar-refractivity contribution in [1.29, 1.82) is 0 Å². The van der Waals surface area contributed by atoms with Gasteiger partial charge in [0.2, 0.25) is 0 Å². The molecule has 0 N–H and O–H groups in total. The Morgan fingerprint density at radius 3 is 2.07 bits per heavy atom. The summed E-state index contributed by atoms with van der Waals surface area (Å²) >= 11 is 3.39. The lowest BCUT2D eigenvalue weighted by atomic mass is 10.1. The normalized spacial score (nSPS) is 10.6. The molecule has 1 aromatic carbocycles. The van der Waals surface area contributed by atoms with E-state index >= 15 is 0 Å². The van der Waals surface area contributed by atoms with E-state index in [0.29, 0.717) is 18.8 Å². The van der Waals surface area contributed by atoms with Crippen LogP contribution in [0.25, 0.3) is 0 Å². The molecule has 1 rings (SSSR count). The minimum Gasteiger partial charge on any atom is -0.496 e. The molecule has 0 aliphatic heterocycles. The average molecular weight is 485 g/mol. The van der Waals surface area contributed by atoms with Crippen LogP contribution in [0.2, 0.25) is 0 Å². The molecule has 0 aliphatic carbocycles. The van der Waals surface area contributed by atoms with Crippen LogP contribution in [-0.2, 0) is 25.7 Å². The van der Waals surface area contributed by atoms with Gasteiger partial charge in [0.05, 0.1) is 13.7 Å². The molecule has 5 nitrogen and oxygen atoms in total. The van der Waals surface area contributed by atoms with E-state index in [9.17, 15) is 9.59 Å². The number of ether oxygens (including phenoxy) is 3. The van der Waals surface area contributed by atoms with Crippen LogP contribution >= 0.6 is 15.9 Å². The maximum Gasteiger partial charge on any atom is 0.306 e. The summed E-state index contributed by atoms with van der Waals surface area (Å²) in [5.74, 6) is 0.103. The topological polar surface area (TPSA) is 61.8 Å². The number of halogens is 1. The summed E-state index contributed by atoms with van der Waals surface area (Å²) in [5, 5.41) is 0. The van der Waals surface area contributed by atoms with Crippen molar-refractivity contribution < 1.29 is 23.8 Å². The number of hydrogen-bond donors (Lipinski definition) is 0. The van der Waals surface area contributed by atoms with Gasteiger partial charge in [-0.3, -0.25) is 9.59 Å². The van der Waals surface area contributed by atoms with Crippen LogP contribution in [0.3, 0.4) is 0 Å². The molecule has 0 unspecified atom stereocenters. The van der Waals surface area contributed by atoms with Crippen LogP contribution in [0.15, 0.2) is 22.7 Å². The monoisotopic (exact) mass is 484 g/mol. The molecule has 0 aliphatic rings. The first-order chi connectivity index (χ1) is 14.6. The van der Waals surface area contributed by atoms with Crippen molar-refractivity contribution in [3.8, 4) is 5.75 Å². The summed E-state index contributed by atoms with van der Waals surface area (Å²) in [6, 6.07) is 5.54. The second kappa shape index (κ2) is 17.2. The fourth-order valence-corrected chi connectivity index (χ4v) is 3.55. The van der Waals surface area contributed by atoms with Crippen molar-refractivity contribution in [2.75, 3.05) is 13.7 Å². The number of hydrogen-bond acceptors (Lipinski definition) is 5. The van der Waals surface area contributed by atoms with Crippen molar-refractivity contribution in [3.63, 3.8) is 0 Å². The highest BCUT2D eigenvalue weighted by molar-refractivity contribution is 9.10. The van der Waals surface area contributed by atoms with Gasteiger partial charge in [0.1, 0.15) is 12.4 Å². The Labute approximate surface area is 190 Å². The molecule has 0 aromatic heterocycles. The number of unbranched alkanes of at least 4 members (excludes halogenated alkanes) is 8. The fraction of sp³-hybridized carbons (Fsp3) is 0.667. The van der Waals surface area contributed by atoms with E-state index in [4.69, 9.17) is 14.2 Å². The first kappa shape index (κ1) is 26.5. The largest absolute Gasteiger partial charge is 0.496 e. The number of rotatable bonds is 17. The second-order valence-corrected chi connectivity index (χ2v) is 8.43. The Balaban J connectivity index is 2.02. The third-order valence-electron chi connectivity index (χ3n) is 4.90. The van der Waals surface area contributed by atoms with Gasteiger partial charge in [0.15, 0.2) is 0 Å². The van der Waals surface area contributed by atoms with Gasteiger partial charge >= 0.3 is 11.9 Å². The highest BCUT2D eigenvalue weighted by Crippen LogP contribution is 2.23. The lowest BCUT2D eigenvalue weighted by Crippen LogP contribution is -2.09. The minimum absolute atomic E-state index is 0.143. The highest BCUT2D eigenvalue weighted by Gasteiger charge is 2.10. The minimum atomic E-state index is -0.330. The van der Waals surface area contributed by atoms with Gasteiger partial charge in [-0.2, -0.15) is 0 Å². The molecule has 170 valence electrons. The van der Waals surface area contributed by atoms with Crippen LogP contribution < -0.4 is 4.74 Å². The Kier molecular flexibility index (Phi) is 15.1. The molecule has 0 atom stereocenters. The van der Waals surface area contributed by atoms with E-state index in [1.165, 1.54) is 44.9 Å². The number of carbonyl (C=O) groups excluding carboxylic acids is 2. The standard InChI is InChI=1S/C24H37BrO5/c1-3-4-5-6-7-8-9-10-11-17-29-23(26)13-12-14-24(27)30-19-20-18-21(25)15-16-22(20)28-2/h15-16,18H,3-14,17,19H2,1-2H3. The summed E-state index contributed by atoms with van der Waals surface area (Å²) in [5.41, 5.74) is 0.792. The fourth-order valence-electron chi connectivity index (χ4n) is 3.14. The Bertz CT molecular complexity index is 618. The molecular weight excluding hydrogens is 448 g/mol. The zero-order valence-electron chi connectivity index (χ0n) is 18.6. The second-order valence-electron chi connectivity index (χ2n) is 7.52. The average Bonchev–Trinajstić information content (AvgIpc) is 2.73. The van der Waals surface area contributed by atoms with Crippen LogP contribution in [0.1, 0.15) is 89.5 Å². The zero-order valence-corrected chi connectivity index (χ0v) is 20.1. The molecule has 0 fully saturated rings. The Morgan fingerprint density at radius 2 is 1.43 bits per heavy atom. The predicted octanol–water partition coefficient (Wildman–Crippen LogP) is 6.75. The molecule has 30 heavy (non-hydrogen) atoms. The summed E-state index contributed by atoms with van der Waals surface area (Å²) in [4.78, 5) is 23.7. The zero-order chi connectivity index (χ0) is 22.0. The summed E-state index contributed by atoms with van der Waals surface area (Å²) < 4.78 is 16.7. The van der Waals surface area contributed by atoms with E-state index in [-0.39, 0.29) is 31.4 Å². The molecular formula is C24H37BrO5. The third kappa shape index (κ3) is 12.9. The number of esters is 2. The molecule has 0 bridgehead atoms. The molecule has 0 heterocycles. The van der Waals surface area contributed by atoms with Gasteiger partial charge in [0, 0.05) is 22.9 Å². The lowest BCUT2D eigenvalue weighted by molar-refractivity contribution is -0.146. The van der Waals surface area contributed by atoms with Crippen molar-refractivity contribution in [3.05, 3.63) is 28.2 Å². The molecule has 1 aromatic rings. The molecule has 0 saturated carbocycles. The van der Waals surface area contributed by atoms with Gasteiger partial charge < -0.3 is 14.2 Å². The van der Waals surface area contributed by atoms with E-state index in [2.05, 4.69) is 22.9 Å². The van der Waals surface area contributed by atoms with E-state index in [1.54, 1.807) is 7.11 Å². The Hall–Kier alpha value is -1.56. The summed E-state index contributed by atoms with van der Waals surface area (Å²) in [6.07, 6.45) is 12.0. The van der Waals surface area contributed by atoms with Crippen LogP contribution in [0, 0.1) is 0 Å². The van der Waals surface area contributed by atoms with Crippen molar-refractivity contribution in [1.82, 2.24) is 0 Å². The van der Waals surface area contributed by atoms with Crippen LogP contribution in [-0.4, -0.2) is 25.7 Å². The number of methoxy groups -OCH3 is 1. The Morgan fingerprint density at radius 1 is 0.833 bits per heavy atom. The lowest BCUT2D eigenvalue weighted by Gasteiger charge is -2.10. The van der Waals surface area contributed by atoms with Gasteiger partial charge in [-0.05, 0) is 31.0 Å². The first-order valence-corrected chi connectivity index (χ1v) is 12.0. The van der Waals surface area contributed by atoms with Crippen LogP contribution in [0.5, 0.6) is 5.75 Å². The predicted molar refractivity (Wildman–Crippen MR) is 123 cm³/mol. The van der Waals surface area contributed by atoms with E-state index in [1.807, 2.05) is 18.2 Å². The highest BCUT2D eigenvalue weighted by atomic mass is 79.9. The molecule has 0 saturated heterocycles. The molecule has 0 spiro atoms. The molecule has 6 heteroatoms. The summed E-state index contributed by atoms with van der Waals surface area (Å²) in [7, 11) is 1.58. The van der Waals surface area contributed by atoms with Crippen molar-refractivity contribution in [2.45, 2.75) is 90.6 Å². The van der Waals surface area contributed by atoms with Gasteiger partial charge in [0.25, 0.3) is 0 Å². The van der Waals surface area contributed by atoms with E-state index in [0.717, 1.165) is 22.9 Å². The quantitative estimate of drug-likeness (QED) is 0.181. The van der Waals surface area contributed by atoms with Crippen molar-refractivity contribution >= 4 is 27.9 Å². The third-order valence-corrected chi connectivity index (χ3v) is 5.40. The van der Waals surface area contributed by atoms with Crippen LogP contribution in [0.4, 0.5) is 0 Å². The number of benzene rings is 1. The molecule has 0 radical (unpaired) electrons. The maximum absolute atomic E-state index is 11.9. The van der Waals surface area contributed by atoms with E-state index < -0.39 is 0 Å². The van der Waals surface area contributed by atoms with Crippen molar-refractivity contribution in [2.24, 2.45) is 0 Å².